The van der Waals surface area contributed by atoms with Gasteiger partial charge in [0, 0.05) is 0 Å². The van der Waals surface area contributed by atoms with Crippen LogP contribution < -0.4 is 0 Å². The third kappa shape index (κ3) is 6.92. The number of aryl methyl sites for hydroxylation is 1. The highest BCUT2D eigenvalue weighted by Gasteiger charge is 2.37. The summed E-state index contributed by atoms with van der Waals surface area (Å²) in [5.74, 6) is -3.05. The van der Waals surface area contributed by atoms with E-state index in [1.807, 2.05) is 0 Å². The summed E-state index contributed by atoms with van der Waals surface area (Å²) >= 11 is 0. The predicted molar refractivity (Wildman–Crippen MR) is 87.1 cm³/mol. The fourth-order valence-corrected chi connectivity index (χ4v) is 3.52. The van der Waals surface area contributed by atoms with Crippen LogP contribution >= 0.6 is 0 Å². The number of unbranched alkanes of at least 4 members (excludes halogenated alkanes) is 4. The predicted octanol–water partition coefficient (Wildman–Crippen LogP) is 5.30. The highest BCUT2D eigenvalue weighted by molar-refractivity contribution is 7.91. The van der Waals surface area contributed by atoms with Crippen molar-refractivity contribution in [3.8, 4) is 0 Å². The van der Waals surface area contributed by atoms with Crippen LogP contribution in [0.4, 0.5) is 22.0 Å². The van der Waals surface area contributed by atoms with Gasteiger partial charge in [0.25, 0.3) is 0 Å². The lowest BCUT2D eigenvalue weighted by Crippen LogP contribution is -2.17. The van der Waals surface area contributed by atoms with Crippen LogP contribution in [0.3, 0.4) is 0 Å². The first-order chi connectivity index (χ1) is 11.4. The zero-order valence-corrected chi connectivity index (χ0v) is 15.1. The van der Waals surface area contributed by atoms with E-state index in [1.165, 1.54) is 0 Å². The summed E-state index contributed by atoms with van der Waals surface area (Å²) in [4.78, 5) is 0. The smallest absolute Gasteiger partial charge is 0.229 e. The van der Waals surface area contributed by atoms with Gasteiger partial charge in [-0.05, 0) is 50.8 Å². The van der Waals surface area contributed by atoms with Crippen molar-refractivity contribution in [2.45, 2.75) is 63.8 Å². The molecule has 0 spiro atoms. The van der Waals surface area contributed by atoms with Crippen LogP contribution in [0, 0.1) is 11.6 Å². The van der Waals surface area contributed by atoms with Crippen molar-refractivity contribution < 1.29 is 30.4 Å². The van der Waals surface area contributed by atoms with Gasteiger partial charge < -0.3 is 0 Å². The van der Waals surface area contributed by atoms with Crippen LogP contribution in [-0.4, -0.2) is 19.4 Å². The molecule has 25 heavy (non-hydrogen) atoms. The maximum absolute atomic E-state index is 13.4. The van der Waals surface area contributed by atoms with Gasteiger partial charge in [-0.25, -0.2) is 17.2 Å². The first kappa shape index (κ1) is 21.9. The van der Waals surface area contributed by atoms with Crippen molar-refractivity contribution in [3.05, 3.63) is 34.9 Å². The topological polar surface area (TPSA) is 34.1 Å². The summed E-state index contributed by atoms with van der Waals surface area (Å²) in [5, 5.41) is -0.392. The number of halogens is 5. The molecule has 0 aliphatic rings. The third-order valence-corrected chi connectivity index (χ3v) is 6.29. The van der Waals surface area contributed by atoms with E-state index < -0.39 is 38.5 Å². The average Bonchev–Trinajstić information content (AvgIpc) is 2.43. The first-order valence-corrected chi connectivity index (χ1v) is 9.93. The maximum Gasteiger partial charge on any atom is 0.422 e. The SMILES string of the molecule is CC(C)S(=O)(=O)CCCCCCCc1cc(F)c(C(F)(F)F)c(F)c1. The lowest BCUT2D eigenvalue weighted by Gasteiger charge is -2.11. The summed E-state index contributed by atoms with van der Waals surface area (Å²) in [5.41, 5.74) is -1.67. The highest BCUT2D eigenvalue weighted by atomic mass is 32.2. The van der Waals surface area contributed by atoms with Gasteiger partial charge in [0.2, 0.25) is 0 Å². The quantitative estimate of drug-likeness (QED) is 0.426. The Balaban J connectivity index is 2.38. The molecule has 0 fully saturated rings. The largest absolute Gasteiger partial charge is 0.422 e. The van der Waals surface area contributed by atoms with Crippen LogP contribution in [0.1, 0.15) is 57.1 Å². The van der Waals surface area contributed by atoms with E-state index in [0.29, 0.717) is 19.3 Å². The molecule has 0 atom stereocenters. The van der Waals surface area contributed by atoms with Crippen molar-refractivity contribution in [3.63, 3.8) is 0 Å². The maximum atomic E-state index is 13.4. The van der Waals surface area contributed by atoms with E-state index in [0.717, 1.165) is 25.0 Å². The molecule has 2 nitrogen and oxygen atoms in total. The standard InChI is InChI=1S/C17H23F5O2S/c1-12(2)25(23,24)9-7-5-3-4-6-8-13-10-14(18)16(15(19)11-13)17(20,21)22/h10-12H,3-9H2,1-2H3. The van der Waals surface area contributed by atoms with Crippen molar-refractivity contribution in [2.24, 2.45) is 0 Å². The minimum Gasteiger partial charge on any atom is -0.229 e. The van der Waals surface area contributed by atoms with Gasteiger partial charge in [-0.1, -0.05) is 19.3 Å². The van der Waals surface area contributed by atoms with Gasteiger partial charge in [0.1, 0.15) is 17.2 Å². The minimum atomic E-state index is -5.05. The molecule has 0 unspecified atom stereocenters. The molecule has 0 aliphatic carbocycles. The van der Waals surface area contributed by atoms with Crippen molar-refractivity contribution in [1.82, 2.24) is 0 Å². The number of rotatable bonds is 9. The number of alkyl halides is 3. The lowest BCUT2D eigenvalue weighted by atomic mass is 10.0. The Hall–Kier alpha value is -1.18. The van der Waals surface area contributed by atoms with Crippen LogP contribution in [0.25, 0.3) is 0 Å². The normalized spacial score (nSPS) is 12.8. The Kier molecular flexibility index (Phi) is 7.84. The lowest BCUT2D eigenvalue weighted by molar-refractivity contribution is -0.142. The molecule has 0 saturated carbocycles. The number of hydrogen-bond donors (Lipinski definition) is 0. The molecule has 1 aromatic rings. The molecule has 0 aromatic heterocycles. The number of benzene rings is 1. The van der Waals surface area contributed by atoms with Crippen molar-refractivity contribution in [2.75, 3.05) is 5.75 Å². The molecule has 0 radical (unpaired) electrons. The minimum absolute atomic E-state index is 0.139. The average molecular weight is 386 g/mol. The second-order valence-corrected chi connectivity index (χ2v) is 9.04. The Morgan fingerprint density at radius 2 is 1.40 bits per heavy atom. The molecule has 1 rings (SSSR count). The van der Waals surface area contributed by atoms with Gasteiger partial charge >= 0.3 is 6.18 Å². The van der Waals surface area contributed by atoms with Gasteiger partial charge in [-0.3, -0.25) is 0 Å². The molecule has 0 N–H and O–H groups in total. The van der Waals surface area contributed by atoms with Crippen molar-refractivity contribution >= 4 is 9.84 Å². The molecular weight excluding hydrogens is 363 g/mol. The Morgan fingerprint density at radius 3 is 1.88 bits per heavy atom. The van der Waals surface area contributed by atoms with Gasteiger partial charge in [-0.2, -0.15) is 13.2 Å². The molecule has 8 heteroatoms. The zero-order valence-electron chi connectivity index (χ0n) is 14.3. The summed E-state index contributed by atoms with van der Waals surface area (Å²) in [6.45, 7) is 3.27. The molecule has 0 aliphatic heterocycles. The van der Waals surface area contributed by atoms with Gasteiger partial charge in [-0.15, -0.1) is 0 Å². The molecule has 1 aromatic carbocycles. The number of sulfone groups is 1. The van der Waals surface area contributed by atoms with E-state index in [-0.39, 0.29) is 17.7 Å². The van der Waals surface area contributed by atoms with E-state index in [2.05, 4.69) is 0 Å². The third-order valence-electron chi connectivity index (χ3n) is 4.00. The number of hydrogen-bond acceptors (Lipinski definition) is 2. The Labute approximate surface area is 145 Å². The van der Waals surface area contributed by atoms with Crippen LogP contribution in [0.2, 0.25) is 0 Å². The van der Waals surface area contributed by atoms with E-state index in [4.69, 9.17) is 0 Å². The molecule has 0 saturated heterocycles. The van der Waals surface area contributed by atoms with Crippen molar-refractivity contribution in [1.29, 1.82) is 0 Å². The summed E-state index contributed by atoms with van der Waals surface area (Å²) < 4.78 is 87.5. The fraction of sp³-hybridized carbons (Fsp3) is 0.647. The first-order valence-electron chi connectivity index (χ1n) is 8.22. The summed E-state index contributed by atoms with van der Waals surface area (Å²) in [7, 11) is -3.03. The van der Waals surface area contributed by atoms with Gasteiger partial charge in [0.15, 0.2) is 9.84 Å². The van der Waals surface area contributed by atoms with Crippen LogP contribution in [0.15, 0.2) is 12.1 Å². The molecule has 0 bridgehead atoms. The molecule has 0 heterocycles. The Bertz CT molecular complexity index is 643. The molecular formula is C17H23F5O2S. The van der Waals surface area contributed by atoms with Gasteiger partial charge in [0.05, 0.1) is 11.0 Å². The zero-order chi connectivity index (χ0) is 19.3. The second kappa shape index (κ2) is 8.96. The monoisotopic (exact) mass is 386 g/mol. The molecule has 144 valence electrons. The van der Waals surface area contributed by atoms with Crippen LogP contribution in [-0.2, 0) is 22.4 Å². The summed E-state index contributed by atoms with van der Waals surface area (Å²) in [6, 6.07) is 1.45. The summed E-state index contributed by atoms with van der Waals surface area (Å²) in [6.07, 6.45) is -1.45. The highest BCUT2D eigenvalue weighted by Crippen LogP contribution is 2.34. The Morgan fingerprint density at radius 1 is 0.920 bits per heavy atom. The van der Waals surface area contributed by atoms with E-state index in [9.17, 15) is 30.4 Å². The van der Waals surface area contributed by atoms with Crippen LogP contribution in [0.5, 0.6) is 0 Å². The van der Waals surface area contributed by atoms with E-state index in [1.54, 1.807) is 13.8 Å². The molecule has 0 amide bonds. The van der Waals surface area contributed by atoms with E-state index >= 15 is 0 Å². The fourth-order valence-electron chi connectivity index (χ4n) is 2.44. The second-order valence-electron chi connectivity index (χ2n) is 6.37.